The van der Waals surface area contributed by atoms with Gasteiger partial charge in [0.2, 0.25) is 0 Å². The normalized spacial score (nSPS) is 12.4. The van der Waals surface area contributed by atoms with Gasteiger partial charge in [0.1, 0.15) is 0 Å². The van der Waals surface area contributed by atoms with Gasteiger partial charge in [0, 0.05) is 0 Å². The van der Waals surface area contributed by atoms with E-state index in [2.05, 4.69) is 46.6 Å². The minimum absolute atomic E-state index is 0.289. The Balaban J connectivity index is 3.95. The van der Waals surface area contributed by atoms with Crippen molar-refractivity contribution in [2.24, 2.45) is 0 Å². The highest BCUT2D eigenvalue weighted by molar-refractivity contribution is 4.67. The van der Waals surface area contributed by atoms with Crippen molar-refractivity contribution in [1.82, 2.24) is 4.90 Å². The summed E-state index contributed by atoms with van der Waals surface area (Å²) < 4.78 is 11.3. The Kier molecular flexibility index (Phi) is 8.02. The molecule has 0 aromatic heterocycles. The van der Waals surface area contributed by atoms with Gasteiger partial charge in [0.15, 0.2) is 0 Å². The Morgan fingerprint density at radius 3 is 1.60 bits per heavy atom. The van der Waals surface area contributed by atoms with Crippen molar-refractivity contribution in [3.05, 3.63) is 0 Å². The summed E-state index contributed by atoms with van der Waals surface area (Å²) in [5.74, 6) is 0. The van der Waals surface area contributed by atoms with Crippen LogP contribution in [0.3, 0.4) is 0 Å². The van der Waals surface area contributed by atoms with Crippen molar-refractivity contribution >= 4 is 0 Å². The van der Waals surface area contributed by atoms with E-state index >= 15 is 0 Å². The second kappa shape index (κ2) is 8.08. The summed E-state index contributed by atoms with van der Waals surface area (Å²) in [6, 6.07) is 0.361. The molecule has 0 unspecified atom stereocenters. The van der Waals surface area contributed by atoms with E-state index in [1.807, 2.05) is 0 Å². The predicted molar refractivity (Wildman–Crippen MR) is 64.3 cm³/mol. The lowest BCUT2D eigenvalue weighted by molar-refractivity contribution is -0.0199. The highest BCUT2D eigenvalue weighted by Crippen LogP contribution is 2.02. The molecule has 0 heterocycles. The van der Waals surface area contributed by atoms with Crippen LogP contribution in [0.4, 0.5) is 0 Å². The molecule has 3 nitrogen and oxygen atoms in total. The van der Waals surface area contributed by atoms with E-state index in [9.17, 15) is 0 Å². The summed E-state index contributed by atoms with van der Waals surface area (Å²) in [4.78, 5) is 2.27. The third-order valence-corrected chi connectivity index (χ3v) is 2.37. The molecule has 92 valence electrons. The van der Waals surface area contributed by atoms with Gasteiger partial charge in [0.25, 0.3) is 0 Å². The fourth-order valence-corrected chi connectivity index (χ4v) is 1.17. The first-order valence-corrected chi connectivity index (χ1v) is 5.90. The zero-order valence-corrected chi connectivity index (χ0v) is 11.1. The predicted octanol–water partition coefficient (Wildman–Crippen LogP) is 2.16. The molecule has 0 saturated heterocycles. The van der Waals surface area contributed by atoms with Crippen LogP contribution >= 0.6 is 0 Å². The van der Waals surface area contributed by atoms with Gasteiger partial charge in [0.05, 0.1) is 31.5 Å². The van der Waals surface area contributed by atoms with Crippen LogP contribution in [0.25, 0.3) is 0 Å². The number of likely N-dealkylation sites (N-methyl/N-ethyl adjacent to an activating group) is 1. The third-order valence-electron chi connectivity index (χ3n) is 2.37. The maximum atomic E-state index is 5.64. The van der Waals surface area contributed by atoms with E-state index in [-0.39, 0.29) is 12.2 Å². The molecule has 0 N–H and O–H groups in total. The molecule has 3 heteroatoms. The van der Waals surface area contributed by atoms with E-state index < -0.39 is 0 Å². The second-order valence-electron chi connectivity index (χ2n) is 4.49. The Morgan fingerprint density at radius 1 is 0.933 bits per heavy atom. The number of hydrogen-bond acceptors (Lipinski definition) is 3. The van der Waals surface area contributed by atoms with Crippen molar-refractivity contribution in [3.63, 3.8) is 0 Å². The molecular weight excluding hydrogens is 190 g/mol. The number of nitrogens with zero attached hydrogens (tertiary/aromatic N) is 1. The molecule has 0 fully saturated rings. The molecule has 0 aromatic carbocycles. The zero-order chi connectivity index (χ0) is 11.8. The third kappa shape index (κ3) is 7.77. The first kappa shape index (κ1) is 14.9. The maximum Gasteiger partial charge on any atom is 0.0647 e. The summed E-state index contributed by atoms with van der Waals surface area (Å²) in [5, 5.41) is 0. The quantitative estimate of drug-likeness (QED) is 0.622. The van der Waals surface area contributed by atoms with Gasteiger partial charge in [-0.3, -0.25) is 4.90 Å². The smallest absolute Gasteiger partial charge is 0.0647 e. The molecule has 0 amide bonds. The van der Waals surface area contributed by atoms with Crippen LogP contribution < -0.4 is 0 Å². The van der Waals surface area contributed by atoms with Crippen molar-refractivity contribution in [3.8, 4) is 0 Å². The molecule has 0 aliphatic carbocycles. The SMILES string of the molecule is CCN(C)C(COC(C)C)COC(C)C. The molecule has 0 radical (unpaired) electrons. The molecular formula is C12H27NO2. The Labute approximate surface area is 94.7 Å². The fourth-order valence-electron chi connectivity index (χ4n) is 1.17. The molecule has 0 atom stereocenters. The van der Waals surface area contributed by atoms with Gasteiger partial charge < -0.3 is 9.47 Å². The van der Waals surface area contributed by atoms with Gasteiger partial charge in [-0.1, -0.05) is 6.92 Å². The van der Waals surface area contributed by atoms with Gasteiger partial charge in [-0.25, -0.2) is 0 Å². The first-order chi connectivity index (χ1) is 6.97. The van der Waals surface area contributed by atoms with Crippen molar-refractivity contribution in [2.75, 3.05) is 26.8 Å². The molecule has 15 heavy (non-hydrogen) atoms. The van der Waals surface area contributed by atoms with E-state index in [1.54, 1.807) is 0 Å². The number of ether oxygens (including phenoxy) is 2. The van der Waals surface area contributed by atoms with E-state index in [0.717, 1.165) is 19.8 Å². The zero-order valence-electron chi connectivity index (χ0n) is 11.1. The van der Waals surface area contributed by atoms with E-state index in [4.69, 9.17) is 9.47 Å². The number of rotatable bonds is 8. The molecule has 0 saturated carbocycles. The van der Waals surface area contributed by atoms with E-state index in [0.29, 0.717) is 6.04 Å². The van der Waals surface area contributed by atoms with Gasteiger partial charge in [-0.2, -0.15) is 0 Å². The molecule has 0 rings (SSSR count). The summed E-state index contributed by atoms with van der Waals surface area (Å²) in [5.41, 5.74) is 0. The monoisotopic (exact) mass is 217 g/mol. The van der Waals surface area contributed by atoms with Crippen LogP contribution in [0.1, 0.15) is 34.6 Å². The van der Waals surface area contributed by atoms with Gasteiger partial charge in [-0.15, -0.1) is 0 Å². The Hall–Kier alpha value is -0.120. The van der Waals surface area contributed by atoms with Crippen LogP contribution in [0.2, 0.25) is 0 Å². The van der Waals surface area contributed by atoms with Crippen molar-refractivity contribution in [1.29, 1.82) is 0 Å². The molecule has 0 aliphatic rings. The molecule has 0 bridgehead atoms. The minimum Gasteiger partial charge on any atom is -0.377 e. The van der Waals surface area contributed by atoms with Crippen molar-refractivity contribution < 1.29 is 9.47 Å². The van der Waals surface area contributed by atoms with Crippen LogP contribution in [-0.2, 0) is 9.47 Å². The molecule has 0 aliphatic heterocycles. The fraction of sp³-hybridized carbons (Fsp3) is 1.00. The lowest BCUT2D eigenvalue weighted by Gasteiger charge is -2.28. The summed E-state index contributed by atoms with van der Waals surface area (Å²) in [7, 11) is 2.11. The average molecular weight is 217 g/mol. The van der Waals surface area contributed by atoms with E-state index in [1.165, 1.54) is 0 Å². The Bertz CT molecular complexity index is 137. The topological polar surface area (TPSA) is 21.7 Å². The average Bonchev–Trinajstić information content (AvgIpc) is 2.16. The second-order valence-corrected chi connectivity index (χ2v) is 4.49. The van der Waals surface area contributed by atoms with Gasteiger partial charge >= 0.3 is 0 Å². The first-order valence-electron chi connectivity index (χ1n) is 5.90. The lowest BCUT2D eigenvalue weighted by Crippen LogP contribution is -2.40. The van der Waals surface area contributed by atoms with Crippen molar-refractivity contribution in [2.45, 2.75) is 52.9 Å². The lowest BCUT2D eigenvalue weighted by atomic mass is 10.3. The standard InChI is InChI=1S/C12H27NO2/c1-7-13(6)12(8-14-10(2)3)9-15-11(4)5/h10-12H,7-9H2,1-6H3. The van der Waals surface area contributed by atoms with Crippen LogP contribution in [0.5, 0.6) is 0 Å². The highest BCUT2D eigenvalue weighted by atomic mass is 16.5. The largest absolute Gasteiger partial charge is 0.377 e. The summed E-state index contributed by atoms with van der Waals surface area (Å²) >= 11 is 0. The van der Waals surface area contributed by atoms with Gasteiger partial charge in [-0.05, 0) is 41.3 Å². The van der Waals surface area contributed by atoms with Crippen LogP contribution in [0.15, 0.2) is 0 Å². The van der Waals surface area contributed by atoms with Crippen LogP contribution in [0, 0.1) is 0 Å². The highest BCUT2D eigenvalue weighted by Gasteiger charge is 2.15. The maximum absolute atomic E-state index is 5.64. The molecule has 0 aromatic rings. The number of hydrogen-bond donors (Lipinski definition) is 0. The Morgan fingerprint density at radius 2 is 1.33 bits per heavy atom. The van der Waals surface area contributed by atoms with Crippen LogP contribution in [-0.4, -0.2) is 50.0 Å². The summed E-state index contributed by atoms with van der Waals surface area (Å²) in [6.45, 7) is 12.9. The summed E-state index contributed by atoms with van der Waals surface area (Å²) in [6.07, 6.45) is 0.577. The minimum atomic E-state index is 0.289. The molecule has 0 spiro atoms.